The average Bonchev–Trinajstić information content (AvgIpc) is 3.27. The summed E-state index contributed by atoms with van der Waals surface area (Å²) in [6, 6.07) is 8.38. The van der Waals surface area contributed by atoms with Gasteiger partial charge in [-0.15, -0.1) is 11.3 Å². The standard InChI is InChI=1S/C26H28FN3O2S2/c1-29-24(32)23-21(6-7-33-23)28-25(29)34-15-22(31)30(14-16-2-4-20(27)5-3-16)26-11-17-8-18(12-26)10-19(9-17)13-26/h2-7,17-19H,8-15H2,1H3. The van der Waals surface area contributed by atoms with Crippen molar-refractivity contribution in [3.63, 3.8) is 0 Å². The van der Waals surface area contributed by atoms with Gasteiger partial charge in [-0.3, -0.25) is 14.2 Å². The molecule has 2 heterocycles. The van der Waals surface area contributed by atoms with Crippen molar-refractivity contribution < 1.29 is 9.18 Å². The van der Waals surface area contributed by atoms with Crippen molar-refractivity contribution in [2.24, 2.45) is 24.8 Å². The fourth-order valence-corrected chi connectivity index (χ4v) is 8.64. The molecule has 0 spiro atoms. The number of nitrogens with zero attached hydrogens (tertiary/aromatic N) is 3. The summed E-state index contributed by atoms with van der Waals surface area (Å²) in [4.78, 5) is 33.3. The Morgan fingerprint density at radius 1 is 1.15 bits per heavy atom. The molecule has 7 rings (SSSR count). The van der Waals surface area contributed by atoms with Gasteiger partial charge >= 0.3 is 0 Å². The van der Waals surface area contributed by atoms with Crippen molar-refractivity contribution in [1.82, 2.24) is 14.5 Å². The lowest BCUT2D eigenvalue weighted by Crippen LogP contribution is -2.61. The third-order valence-corrected chi connectivity index (χ3v) is 10.0. The topological polar surface area (TPSA) is 55.2 Å². The summed E-state index contributed by atoms with van der Waals surface area (Å²) >= 11 is 2.73. The van der Waals surface area contributed by atoms with Gasteiger partial charge in [0.05, 0.1) is 11.3 Å². The first-order valence-corrected chi connectivity index (χ1v) is 13.9. The van der Waals surface area contributed by atoms with E-state index in [1.54, 1.807) is 23.7 Å². The molecule has 0 unspecified atom stereocenters. The zero-order valence-corrected chi connectivity index (χ0v) is 20.8. The summed E-state index contributed by atoms with van der Waals surface area (Å²) < 4.78 is 15.7. The molecule has 178 valence electrons. The number of fused-ring (bicyclic) bond motifs is 1. The molecule has 3 aromatic rings. The summed E-state index contributed by atoms with van der Waals surface area (Å²) in [5.74, 6) is 2.19. The number of carbonyl (C=O) groups excluding carboxylic acids is 1. The number of thioether (sulfide) groups is 1. The Morgan fingerprint density at radius 3 is 2.44 bits per heavy atom. The lowest BCUT2D eigenvalue weighted by molar-refractivity contribution is -0.149. The maximum atomic E-state index is 13.8. The van der Waals surface area contributed by atoms with E-state index in [0.717, 1.165) is 24.8 Å². The number of hydrogen-bond acceptors (Lipinski definition) is 5. The highest BCUT2D eigenvalue weighted by atomic mass is 32.2. The molecule has 1 amide bonds. The first-order valence-electron chi connectivity index (χ1n) is 12.0. The summed E-state index contributed by atoms with van der Waals surface area (Å²) in [6.45, 7) is 0.502. The number of amides is 1. The first kappa shape index (κ1) is 22.3. The van der Waals surface area contributed by atoms with Crippen LogP contribution in [0.5, 0.6) is 0 Å². The smallest absolute Gasteiger partial charge is 0.271 e. The zero-order chi connectivity index (χ0) is 23.4. The zero-order valence-electron chi connectivity index (χ0n) is 19.2. The number of rotatable bonds is 6. The van der Waals surface area contributed by atoms with Crippen LogP contribution in [0.3, 0.4) is 0 Å². The van der Waals surface area contributed by atoms with Crippen LogP contribution in [0.2, 0.25) is 0 Å². The molecule has 0 atom stereocenters. The minimum Gasteiger partial charge on any atom is -0.332 e. The lowest BCUT2D eigenvalue weighted by atomic mass is 9.52. The molecule has 4 aliphatic rings. The van der Waals surface area contributed by atoms with Gasteiger partial charge in [0, 0.05) is 19.1 Å². The van der Waals surface area contributed by atoms with Gasteiger partial charge in [-0.1, -0.05) is 23.9 Å². The lowest BCUT2D eigenvalue weighted by Gasteiger charge is -2.60. The third kappa shape index (κ3) is 3.88. The predicted molar refractivity (Wildman–Crippen MR) is 133 cm³/mol. The Hall–Kier alpha value is -2.19. The van der Waals surface area contributed by atoms with Gasteiger partial charge in [-0.05, 0) is 85.4 Å². The highest BCUT2D eigenvalue weighted by molar-refractivity contribution is 7.99. The van der Waals surface area contributed by atoms with Gasteiger partial charge in [-0.25, -0.2) is 9.37 Å². The van der Waals surface area contributed by atoms with Crippen LogP contribution in [0.1, 0.15) is 44.1 Å². The van der Waals surface area contributed by atoms with E-state index in [0.29, 0.717) is 39.7 Å². The van der Waals surface area contributed by atoms with Crippen LogP contribution in [0, 0.1) is 23.6 Å². The van der Waals surface area contributed by atoms with Crippen LogP contribution in [-0.2, 0) is 18.4 Å². The number of benzene rings is 1. The molecule has 0 N–H and O–H groups in total. The number of aromatic nitrogens is 2. The highest BCUT2D eigenvalue weighted by Crippen LogP contribution is 2.58. The maximum absolute atomic E-state index is 13.8. The molecule has 4 saturated carbocycles. The monoisotopic (exact) mass is 497 g/mol. The van der Waals surface area contributed by atoms with E-state index in [2.05, 4.69) is 9.88 Å². The van der Waals surface area contributed by atoms with Crippen molar-refractivity contribution in [2.75, 3.05) is 5.75 Å². The van der Waals surface area contributed by atoms with Crippen molar-refractivity contribution in [2.45, 2.75) is 55.8 Å². The normalized spacial score (nSPS) is 27.4. The predicted octanol–water partition coefficient (Wildman–Crippen LogP) is 5.22. The van der Waals surface area contributed by atoms with Gasteiger partial charge < -0.3 is 4.90 Å². The molecular formula is C26H28FN3O2S2. The molecule has 0 aliphatic heterocycles. The van der Waals surface area contributed by atoms with Crippen LogP contribution in [0.4, 0.5) is 4.39 Å². The summed E-state index contributed by atoms with van der Waals surface area (Å²) in [7, 11) is 1.72. The molecule has 0 radical (unpaired) electrons. The van der Waals surface area contributed by atoms with Crippen LogP contribution >= 0.6 is 23.1 Å². The van der Waals surface area contributed by atoms with Crippen molar-refractivity contribution in [1.29, 1.82) is 0 Å². The number of thiophene rings is 1. The SMILES string of the molecule is Cn1c(SCC(=O)N(Cc2ccc(F)cc2)C23CC4CC(CC(C4)C2)C3)nc2ccsc2c1=O. The van der Waals surface area contributed by atoms with Crippen molar-refractivity contribution in [3.8, 4) is 0 Å². The Labute approximate surface area is 206 Å². The van der Waals surface area contributed by atoms with Gasteiger partial charge in [-0.2, -0.15) is 0 Å². The molecule has 0 saturated heterocycles. The molecule has 4 bridgehead atoms. The van der Waals surface area contributed by atoms with E-state index >= 15 is 0 Å². The second-order valence-corrected chi connectivity index (χ2v) is 12.3. The van der Waals surface area contributed by atoms with Crippen LogP contribution in [0.15, 0.2) is 45.7 Å². The molecular weight excluding hydrogens is 469 g/mol. The summed E-state index contributed by atoms with van der Waals surface area (Å²) in [6.07, 6.45) is 7.15. The molecule has 8 heteroatoms. The molecule has 1 aromatic carbocycles. The van der Waals surface area contributed by atoms with Crippen molar-refractivity contribution >= 4 is 39.2 Å². The summed E-state index contributed by atoms with van der Waals surface area (Å²) in [5, 5.41) is 2.44. The minimum absolute atomic E-state index is 0.0702. The van der Waals surface area contributed by atoms with E-state index in [1.165, 1.54) is 54.5 Å². The van der Waals surface area contributed by atoms with Crippen LogP contribution < -0.4 is 5.56 Å². The second kappa shape index (κ2) is 8.48. The molecule has 4 fully saturated rings. The van der Waals surface area contributed by atoms with Gasteiger partial charge in [0.1, 0.15) is 10.5 Å². The summed E-state index contributed by atoms with van der Waals surface area (Å²) in [5.41, 5.74) is 1.48. The number of carbonyl (C=O) groups is 1. The number of halogens is 1. The van der Waals surface area contributed by atoms with E-state index in [1.807, 2.05) is 11.4 Å². The quantitative estimate of drug-likeness (QED) is 0.346. The number of hydrogen-bond donors (Lipinski definition) is 0. The van der Waals surface area contributed by atoms with Crippen LogP contribution in [0.25, 0.3) is 10.2 Å². The average molecular weight is 498 g/mol. The van der Waals surface area contributed by atoms with E-state index < -0.39 is 0 Å². The molecule has 2 aromatic heterocycles. The van der Waals surface area contributed by atoms with E-state index in [9.17, 15) is 14.0 Å². The molecule has 4 aliphatic carbocycles. The maximum Gasteiger partial charge on any atom is 0.271 e. The molecule has 5 nitrogen and oxygen atoms in total. The van der Waals surface area contributed by atoms with Gasteiger partial charge in [0.25, 0.3) is 5.56 Å². The largest absolute Gasteiger partial charge is 0.332 e. The second-order valence-electron chi connectivity index (χ2n) is 10.4. The van der Waals surface area contributed by atoms with Gasteiger partial charge in [0.2, 0.25) is 5.91 Å². The Balaban J connectivity index is 1.28. The molecule has 34 heavy (non-hydrogen) atoms. The fourth-order valence-electron chi connectivity index (χ4n) is 6.99. The minimum atomic E-state index is -0.261. The Morgan fingerprint density at radius 2 is 1.79 bits per heavy atom. The fraction of sp³-hybridized carbons (Fsp3) is 0.500. The Bertz CT molecular complexity index is 1260. The Kier molecular flexibility index (Phi) is 5.56. The van der Waals surface area contributed by atoms with Gasteiger partial charge in [0.15, 0.2) is 5.16 Å². The first-order chi connectivity index (χ1) is 16.4. The van der Waals surface area contributed by atoms with E-state index in [-0.39, 0.29) is 28.6 Å². The third-order valence-electron chi connectivity index (χ3n) is 8.10. The highest BCUT2D eigenvalue weighted by Gasteiger charge is 2.54. The van der Waals surface area contributed by atoms with E-state index in [4.69, 9.17) is 0 Å². The van der Waals surface area contributed by atoms with Crippen molar-refractivity contribution in [3.05, 3.63) is 57.4 Å². The van der Waals surface area contributed by atoms with Crippen LogP contribution in [-0.4, -0.2) is 31.6 Å².